The molecular weight excluding hydrogens is 310 g/mol. The van der Waals surface area contributed by atoms with Gasteiger partial charge in [0.05, 0.1) is 0 Å². The molecular formula is C13H21N3O3S2. The van der Waals surface area contributed by atoms with E-state index in [-0.39, 0.29) is 21.6 Å². The first-order chi connectivity index (χ1) is 9.96. The van der Waals surface area contributed by atoms with Crippen molar-refractivity contribution in [2.75, 3.05) is 26.2 Å². The molecule has 0 aromatic carbocycles. The Morgan fingerprint density at radius 3 is 2.76 bits per heavy atom. The number of amides is 1. The lowest BCUT2D eigenvalue weighted by Gasteiger charge is -2.16. The molecule has 1 aromatic rings. The van der Waals surface area contributed by atoms with Gasteiger partial charge >= 0.3 is 0 Å². The molecule has 0 radical (unpaired) electrons. The van der Waals surface area contributed by atoms with Crippen molar-refractivity contribution in [2.24, 2.45) is 11.7 Å². The Kier molecular flexibility index (Phi) is 5.37. The summed E-state index contributed by atoms with van der Waals surface area (Å²) in [6.07, 6.45) is 1.75. The van der Waals surface area contributed by atoms with E-state index < -0.39 is 10.0 Å². The number of sulfonamides is 1. The molecule has 0 spiro atoms. The molecule has 2 rings (SSSR count). The second-order valence-corrected chi connectivity index (χ2v) is 8.10. The molecule has 1 aliphatic heterocycles. The number of nitrogens with zero attached hydrogens (tertiary/aromatic N) is 1. The van der Waals surface area contributed by atoms with Gasteiger partial charge in [0.2, 0.25) is 10.0 Å². The first kappa shape index (κ1) is 16.4. The van der Waals surface area contributed by atoms with Crippen molar-refractivity contribution in [2.45, 2.75) is 24.7 Å². The monoisotopic (exact) mass is 331 g/mol. The predicted octanol–water partition coefficient (Wildman–Crippen LogP) is 0.857. The zero-order valence-corrected chi connectivity index (χ0v) is 13.7. The minimum Gasteiger partial charge on any atom is -0.351 e. The van der Waals surface area contributed by atoms with E-state index in [0.717, 1.165) is 24.2 Å². The molecule has 1 amide bonds. The number of nitrogens with one attached hydrogen (secondary N) is 1. The highest BCUT2D eigenvalue weighted by atomic mass is 32.2. The molecule has 0 saturated carbocycles. The van der Waals surface area contributed by atoms with E-state index in [1.54, 1.807) is 5.38 Å². The maximum absolute atomic E-state index is 12.5. The summed E-state index contributed by atoms with van der Waals surface area (Å²) in [5, 5.41) is 4.39. The molecule has 1 saturated heterocycles. The molecule has 6 nitrogen and oxygen atoms in total. The van der Waals surface area contributed by atoms with Gasteiger partial charge in [-0.3, -0.25) is 4.79 Å². The molecule has 0 bridgehead atoms. The highest BCUT2D eigenvalue weighted by Crippen LogP contribution is 2.27. The molecule has 1 fully saturated rings. The van der Waals surface area contributed by atoms with E-state index >= 15 is 0 Å². The number of hydrogen-bond acceptors (Lipinski definition) is 5. The average Bonchev–Trinajstić information content (AvgIpc) is 3.14. The Bertz CT molecular complexity index is 592. The smallest absolute Gasteiger partial charge is 0.262 e. The van der Waals surface area contributed by atoms with Gasteiger partial charge in [0, 0.05) is 19.6 Å². The van der Waals surface area contributed by atoms with Gasteiger partial charge < -0.3 is 11.1 Å². The molecule has 3 N–H and O–H groups in total. The summed E-state index contributed by atoms with van der Waals surface area (Å²) in [5.41, 5.74) is 5.51. The predicted molar refractivity (Wildman–Crippen MR) is 82.9 cm³/mol. The standard InChI is InChI=1S/C13H21N3O3S2/c1-10(8-14)9-15-13(17)12-11(4-7-20-12)21(18,19)16-5-2-3-6-16/h4,7,10H,2-3,5-6,8-9,14H2,1H3,(H,15,17). The van der Waals surface area contributed by atoms with Crippen molar-refractivity contribution in [1.82, 2.24) is 9.62 Å². The fourth-order valence-electron chi connectivity index (χ4n) is 2.16. The number of thiophene rings is 1. The second-order valence-electron chi connectivity index (χ2n) is 5.28. The summed E-state index contributed by atoms with van der Waals surface area (Å²) in [6, 6.07) is 1.51. The fraction of sp³-hybridized carbons (Fsp3) is 0.615. The number of hydrogen-bond donors (Lipinski definition) is 2. The van der Waals surface area contributed by atoms with E-state index in [2.05, 4.69) is 5.32 Å². The molecule has 1 unspecified atom stereocenters. The van der Waals surface area contributed by atoms with Gasteiger partial charge in [-0.2, -0.15) is 4.31 Å². The van der Waals surface area contributed by atoms with Crippen LogP contribution in [-0.4, -0.2) is 44.8 Å². The Balaban J connectivity index is 2.16. The van der Waals surface area contributed by atoms with E-state index in [4.69, 9.17) is 5.73 Å². The second kappa shape index (κ2) is 6.87. The average molecular weight is 331 g/mol. The Hall–Kier alpha value is -0.960. The number of nitrogens with two attached hydrogens (primary N) is 1. The van der Waals surface area contributed by atoms with Crippen molar-refractivity contribution >= 4 is 27.3 Å². The van der Waals surface area contributed by atoms with Gasteiger partial charge in [-0.25, -0.2) is 8.42 Å². The van der Waals surface area contributed by atoms with Gasteiger partial charge in [0.25, 0.3) is 5.91 Å². The van der Waals surface area contributed by atoms with E-state index in [1.807, 2.05) is 6.92 Å². The summed E-state index contributed by atoms with van der Waals surface area (Å²) in [5.74, 6) is -0.185. The quantitative estimate of drug-likeness (QED) is 0.808. The first-order valence-electron chi connectivity index (χ1n) is 7.02. The minimum atomic E-state index is -3.56. The molecule has 1 aliphatic rings. The highest BCUT2D eigenvalue weighted by molar-refractivity contribution is 7.89. The van der Waals surface area contributed by atoms with Gasteiger partial charge in [-0.15, -0.1) is 11.3 Å². The van der Waals surface area contributed by atoms with Crippen LogP contribution in [0.5, 0.6) is 0 Å². The zero-order valence-electron chi connectivity index (χ0n) is 12.0. The van der Waals surface area contributed by atoms with E-state index in [1.165, 1.54) is 10.4 Å². The number of carbonyl (C=O) groups excluding carboxylic acids is 1. The van der Waals surface area contributed by atoms with Gasteiger partial charge in [0.1, 0.15) is 9.77 Å². The first-order valence-corrected chi connectivity index (χ1v) is 9.34. The third-order valence-corrected chi connectivity index (χ3v) is 6.52. The molecule has 118 valence electrons. The molecule has 21 heavy (non-hydrogen) atoms. The highest BCUT2D eigenvalue weighted by Gasteiger charge is 2.31. The van der Waals surface area contributed by atoms with Crippen LogP contribution in [0.1, 0.15) is 29.4 Å². The lowest BCUT2D eigenvalue weighted by molar-refractivity contribution is 0.0949. The van der Waals surface area contributed by atoms with Gasteiger partial charge in [-0.05, 0) is 36.8 Å². The van der Waals surface area contributed by atoms with Gasteiger partial charge in [0.15, 0.2) is 0 Å². The van der Waals surface area contributed by atoms with Crippen LogP contribution in [0.4, 0.5) is 0 Å². The van der Waals surface area contributed by atoms with Crippen LogP contribution >= 0.6 is 11.3 Å². The summed E-state index contributed by atoms with van der Waals surface area (Å²) in [4.78, 5) is 12.6. The van der Waals surface area contributed by atoms with E-state index in [0.29, 0.717) is 26.2 Å². The normalized spacial score (nSPS) is 17.8. The fourth-order valence-corrected chi connectivity index (χ4v) is 5.00. The largest absolute Gasteiger partial charge is 0.351 e. The summed E-state index contributed by atoms with van der Waals surface area (Å²) in [6.45, 7) is 3.91. The Morgan fingerprint density at radius 1 is 1.48 bits per heavy atom. The van der Waals surface area contributed by atoms with Crippen LogP contribution in [0, 0.1) is 5.92 Å². The van der Waals surface area contributed by atoms with Crippen molar-refractivity contribution in [3.8, 4) is 0 Å². The third kappa shape index (κ3) is 3.63. The van der Waals surface area contributed by atoms with Crippen LogP contribution in [0.3, 0.4) is 0 Å². The lowest BCUT2D eigenvalue weighted by Crippen LogP contribution is -2.33. The van der Waals surface area contributed by atoms with Crippen molar-refractivity contribution in [3.63, 3.8) is 0 Å². The molecule has 0 aliphatic carbocycles. The minimum absolute atomic E-state index is 0.118. The van der Waals surface area contributed by atoms with Crippen LogP contribution < -0.4 is 11.1 Å². The topological polar surface area (TPSA) is 92.5 Å². The SMILES string of the molecule is CC(CN)CNC(=O)c1sccc1S(=O)(=O)N1CCCC1. The van der Waals surface area contributed by atoms with E-state index in [9.17, 15) is 13.2 Å². The van der Waals surface area contributed by atoms with Crippen LogP contribution in [-0.2, 0) is 10.0 Å². The maximum atomic E-state index is 12.5. The van der Waals surface area contributed by atoms with Gasteiger partial charge in [-0.1, -0.05) is 6.92 Å². The summed E-state index contributed by atoms with van der Waals surface area (Å²) in [7, 11) is -3.56. The summed E-state index contributed by atoms with van der Waals surface area (Å²) >= 11 is 1.15. The Labute approximate surface area is 129 Å². The molecule has 2 heterocycles. The molecule has 1 aromatic heterocycles. The van der Waals surface area contributed by atoms with Crippen molar-refractivity contribution in [1.29, 1.82) is 0 Å². The summed E-state index contributed by atoms with van der Waals surface area (Å²) < 4.78 is 26.5. The van der Waals surface area contributed by atoms with Crippen molar-refractivity contribution in [3.05, 3.63) is 16.3 Å². The van der Waals surface area contributed by atoms with Crippen molar-refractivity contribution < 1.29 is 13.2 Å². The van der Waals surface area contributed by atoms with Crippen LogP contribution in [0.25, 0.3) is 0 Å². The molecule has 8 heteroatoms. The lowest BCUT2D eigenvalue weighted by atomic mass is 10.2. The number of rotatable bonds is 6. The maximum Gasteiger partial charge on any atom is 0.262 e. The molecule has 1 atom stereocenters. The third-order valence-electron chi connectivity index (χ3n) is 3.53. The van der Waals surface area contributed by atoms with Crippen LogP contribution in [0.2, 0.25) is 0 Å². The zero-order chi connectivity index (χ0) is 15.5. The van der Waals surface area contributed by atoms with Crippen LogP contribution in [0.15, 0.2) is 16.3 Å². The number of carbonyl (C=O) groups is 1. The Morgan fingerprint density at radius 2 is 2.14 bits per heavy atom.